The van der Waals surface area contributed by atoms with E-state index in [0.29, 0.717) is 0 Å². The van der Waals surface area contributed by atoms with Crippen molar-refractivity contribution in [3.05, 3.63) is 11.9 Å². The highest BCUT2D eigenvalue weighted by Crippen LogP contribution is 2.19. The number of carbonyl (C=O) groups is 1. The van der Waals surface area contributed by atoms with Gasteiger partial charge < -0.3 is 10.0 Å². The van der Waals surface area contributed by atoms with Crippen molar-refractivity contribution >= 4 is 5.97 Å². The van der Waals surface area contributed by atoms with E-state index in [4.69, 9.17) is 5.11 Å². The third kappa shape index (κ3) is 2.15. The van der Waals surface area contributed by atoms with Crippen LogP contribution in [0.25, 0.3) is 0 Å². The number of likely N-dealkylation sites (tertiary alicyclic amines) is 1. The molecule has 0 aromatic carbocycles. The van der Waals surface area contributed by atoms with Crippen molar-refractivity contribution in [2.24, 2.45) is 0 Å². The van der Waals surface area contributed by atoms with Crippen LogP contribution >= 0.6 is 0 Å². The van der Waals surface area contributed by atoms with Crippen molar-refractivity contribution in [3.8, 4) is 0 Å². The SMILES string of the molecule is CN1CCCC(n2cc(C(=O)O)nn2)C1. The van der Waals surface area contributed by atoms with Crippen molar-refractivity contribution in [1.82, 2.24) is 19.9 Å². The largest absolute Gasteiger partial charge is 0.476 e. The topological polar surface area (TPSA) is 71.2 Å². The molecule has 82 valence electrons. The zero-order valence-corrected chi connectivity index (χ0v) is 8.63. The van der Waals surface area contributed by atoms with Crippen LogP contribution in [0.3, 0.4) is 0 Å². The van der Waals surface area contributed by atoms with Crippen molar-refractivity contribution in [3.63, 3.8) is 0 Å². The predicted molar refractivity (Wildman–Crippen MR) is 52.7 cm³/mol. The summed E-state index contributed by atoms with van der Waals surface area (Å²) in [6.45, 7) is 2.00. The number of carboxylic acid groups (broad SMARTS) is 1. The molecule has 6 nitrogen and oxygen atoms in total. The van der Waals surface area contributed by atoms with Crippen molar-refractivity contribution < 1.29 is 9.90 Å². The van der Waals surface area contributed by atoms with Crippen LogP contribution in [0.15, 0.2) is 6.20 Å². The molecular weight excluding hydrogens is 196 g/mol. The lowest BCUT2D eigenvalue weighted by molar-refractivity contribution is 0.0690. The standard InChI is InChI=1S/C9H14N4O2/c1-12-4-2-3-7(5-12)13-6-8(9(14)15)10-11-13/h6-7H,2-5H2,1H3,(H,14,15). The van der Waals surface area contributed by atoms with Gasteiger partial charge in [0.1, 0.15) is 0 Å². The quantitative estimate of drug-likeness (QED) is 0.757. The Balaban J connectivity index is 2.11. The molecule has 2 rings (SSSR count). The summed E-state index contributed by atoms with van der Waals surface area (Å²) >= 11 is 0. The second kappa shape index (κ2) is 3.98. The molecule has 0 radical (unpaired) electrons. The van der Waals surface area contributed by atoms with Crippen molar-refractivity contribution in [1.29, 1.82) is 0 Å². The normalized spacial score (nSPS) is 22.9. The van der Waals surface area contributed by atoms with Gasteiger partial charge in [0.05, 0.1) is 12.2 Å². The van der Waals surface area contributed by atoms with E-state index in [-0.39, 0.29) is 11.7 Å². The van der Waals surface area contributed by atoms with Crippen LogP contribution in [0.2, 0.25) is 0 Å². The van der Waals surface area contributed by atoms with Gasteiger partial charge in [-0.15, -0.1) is 5.10 Å². The Labute approximate surface area is 87.5 Å². The molecule has 1 aliphatic rings. The zero-order chi connectivity index (χ0) is 10.8. The molecule has 0 saturated carbocycles. The van der Waals surface area contributed by atoms with E-state index in [9.17, 15) is 4.79 Å². The molecule has 1 N–H and O–H groups in total. The summed E-state index contributed by atoms with van der Waals surface area (Å²) in [4.78, 5) is 12.9. The fraction of sp³-hybridized carbons (Fsp3) is 0.667. The number of piperidine rings is 1. The van der Waals surface area contributed by atoms with E-state index in [1.54, 1.807) is 4.68 Å². The number of nitrogens with zero attached hydrogens (tertiary/aromatic N) is 4. The summed E-state index contributed by atoms with van der Waals surface area (Å²) in [6.07, 6.45) is 3.66. The maximum absolute atomic E-state index is 10.6. The second-order valence-corrected chi connectivity index (χ2v) is 3.95. The van der Waals surface area contributed by atoms with Gasteiger partial charge in [0.15, 0.2) is 5.69 Å². The molecule has 0 spiro atoms. The molecule has 0 bridgehead atoms. The fourth-order valence-corrected chi connectivity index (χ4v) is 1.91. The molecule has 0 amide bonds. The Hall–Kier alpha value is -1.43. The summed E-state index contributed by atoms with van der Waals surface area (Å²) in [5, 5.41) is 16.2. The van der Waals surface area contributed by atoms with Gasteiger partial charge in [0.2, 0.25) is 0 Å². The zero-order valence-electron chi connectivity index (χ0n) is 8.63. The maximum atomic E-state index is 10.6. The molecule has 1 unspecified atom stereocenters. The molecule has 1 aromatic heterocycles. The van der Waals surface area contributed by atoms with Gasteiger partial charge in [-0.05, 0) is 26.4 Å². The Morgan fingerprint density at radius 2 is 2.47 bits per heavy atom. The average Bonchev–Trinajstić information content (AvgIpc) is 2.66. The first kappa shape index (κ1) is 10.1. The van der Waals surface area contributed by atoms with Crippen LogP contribution in [0.1, 0.15) is 29.4 Å². The van der Waals surface area contributed by atoms with E-state index >= 15 is 0 Å². The summed E-state index contributed by atoms with van der Waals surface area (Å²) in [6, 6.07) is 0.254. The third-order valence-electron chi connectivity index (χ3n) is 2.70. The molecule has 1 aliphatic heterocycles. The minimum Gasteiger partial charge on any atom is -0.476 e. The molecule has 1 saturated heterocycles. The highest BCUT2D eigenvalue weighted by molar-refractivity contribution is 5.84. The summed E-state index contributed by atoms with van der Waals surface area (Å²) < 4.78 is 1.67. The number of hydrogen-bond acceptors (Lipinski definition) is 4. The summed E-state index contributed by atoms with van der Waals surface area (Å²) in [5.41, 5.74) is 0.0169. The van der Waals surface area contributed by atoms with Gasteiger partial charge in [-0.25, -0.2) is 9.48 Å². The second-order valence-electron chi connectivity index (χ2n) is 3.95. The van der Waals surface area contributed by atoms with Gasteiger partial charge >= 0.3 is 5.97 Å². The van der Waals surface area contributed by atoms with Crippen LogP contribution in [0.5, 0.6) is 0 Å². The Bertz CT molecular complexity index is 363. The van der Waals surface area contributed by atoms with Gasteiger partial charge in [0.25, 0.3) is 0 Å². The molecule has 1 atom stereocenters. The van der Waals surface area contributed by atoms with E-state index < -0.39 is 5.97 Å². The summed E-state index contributed by atoms with van der Waals surface area (Å²) in [5.74, 6) is -1.02. The van der Waals surface area contributed by atoms with Crippen LogP contribution < -0.4 is 0 Å². The number of likely N-dealkylation sites (N-methyl/N-ethyl adjacent to an activating group) is 1. The van der Waals surface area contributed by atoms with Gasteiger partial charge in [0, 0.05) is 6.54 Å². The molecule has 1 aromatic rings. The van der Waals surface area contributed by atoms with Gasteiger partial charge in [-0.2, -0.15) is 0 Å². The maximum Gasteiger partial charge on any atom is 0.358 e. The van der Waals surface area contributed by atoms with Crippen LogP contribution in [-0.2, 0) is 0 Å². The van der Waals surface area contributed by atoms with Gasteiger partial charge in [-0.3, -0.25) is 0 Å². The predicted octanol–water partition coefficient (Wildman–Crippen LogP) is 0.243. The number of rotatable bonds is 2. The molecule has 15 heavy (non-hydrogen) atoms. The van der Waals surface area contributed by atoms with E-state index in [0.717, 1.165) is 25.9 Å². The first-order valence-corrected chi connectivity index (χ1v) is 5.00. The average molecular weight is 210 g/mol. The molecular formula is C9H14N4O2. The third-order valence-corrected chi connectivity index (χ3v) is 2.70. The fourth-order valence-electron chi connectivity index (χ4n) is 1.91. The van der Waals surface area contributed by atoms with Crippen molar-refractivity contribution in [2.45, 2.75) is 18.9 Å². The lowest BCUT2D eigenvalue weighted by Gasteiger charge is -2.29. The lowest BCUT2D eigenvalue weighted by Crippen LogP contribution is -2.33. The van der Waals surface area contributed by atoms with E-state index in [1.165, 1.54) is 6.20 Å². The highest BCUT2D eigenvalue weighted by atomic mass is 16.4. The van der Waals surface area contributed by atoms with Crippen LogP contribution in [-0.4, -0.2) is 51.1 Å². The first-order valence-electron chi connectivity index (χ1n) is 5.00. The Morgan fingerprint density at radius 1 is 1.67 bits per heavy atom. The van der Waals surface area contributed by atoms with E-state index in [2.05, 4.69) is 22.3 Å². The van der Waals surface area contributed by atoms with Crippen LogP contribution in [0.4, 0.5) is 0 Å². The lowest BCUT2D eigenvalue weighted by atomic mass is 10.1. The van der Waals surface area contributed by atoms with E-state index in [1.807, 2.05) is 0 Å². The minimum absolute atomic E-state index is 0.0169. The molecule has 0 aliphatic carbocycles. The Morgan fingerprint density at radius 3 is 3.07 bits per heavy atom. The summed E-state index contributed by atoms with van der Waals surface area (Å²) in [7, 11) is 2.06. The Kier molecular flexibility index (Phi) is 2.68. The molecule has 1 fully saturated rings. The molecule has 6 heteroatoms. The number of aromatic nitrogens is 3. The van der Waals surface area contributed by atoms with Gasteiger partial charge in [-0.1, -0.05) is 5.21 Å². The van der Waals surface area contributed by atoms with Crippen molar-refractivity contribution in [2.75, 3.05) is 20.1 Å². The number of hydrogen-bond donors (Lipinski definition) is 1. The monoisotopic (exact) mass is 210 g/mol. The number of aromatic carboxylic acids is 1. The smallest absolute Gasteiger partial charge is 0.358 e. The van der Waals surface area contributed by atoms with Crippen LogP contribution in [0, 0.1) is 0 Å². The molecule has 2 heterocycles. The highest BCUT2D eigenvalue weighted by Gasteiger charge is 2.20. The minimum atomic E-state index is -1.02. The first-order chi connectivity index (χ1) is 7.16. The number of carboxylic acids is 1.